The highest BCUT2D eigenvalue weighted by molar-refractivity contribution is 5.81. The molecule has 4 rings (SSSR count). The highest BCUT2D eigenvalue weighted by atomic mass is 16.5. The van der Waals surface area contributed by atoms with Gasteiger partial charge in [-0.3, -0.25) is 4.98 Å². The van der Waals surface area contributed by atoms with Crippen molar-refractivity contribution >= 4 is 11.0 Å². The van der Waals surface area contributed by atoms with E-state index in [9.17, 15) is 0 Å². The van der Waals surface area contributed by atoms with Crippen molar-refractivity contribution in [1.82, 2.24) is 14.5 Å². The van der Waals surface area contributed by atoms with Gasteiger partial charge in [-0.15, -0.1) is 0 Å². The van der Waals surface area contributed by atoms with E-state index in [0.29, 0.717) is 18.0 Å². The largest absolute Gasteiger partial charge is 0.496 e. The number of ether oxygens (including phenoxy) is 3. The molecule has 0 unspecified atom stereocenters. The smallest absolute Gasteiger partial charge is 0.161 e. The first kappa shape index (κ1) is 17.9. The normalized spacial score (nSPS) is 10.8. The molecule has 2 aromatic heterocycles. The zero-order valence-corrected chi connectivity index (χ0v) is 16.0. The van der Waals surface area contributed by atoms with Crippen LogP contribution in [0.3, 0.4) is 0 Å². The summed E-state index contributed by atoms with van der Waals surface area (Å²) >= 11 is 0. The Balaban J connectivity index is 1.73. The topological polar surface area (TPSA) is 58.4 Å². The lowest BCUT2D eigenvalue weighted by Crippen LogP contribution is -2.00. The van der Waals surface area contributed by atoms with E-state index in [1.807, 2.05) is 54.9 Å². The third kappa shape index (κ3) is 3.24. The van der Waals surface area contributed by atoms with Crippen LogP contribution in [0, 0.1) is 0 Å². The predicted octanol–water partition coefficient (Wildman–Crippen LogP) is 4.17. The minimum Gasteiger partial charge on any atom is -0.496 e. The number of aromatic nitrogens is 3. The monoisotopic (exact) mass is 375 g/mol. The molecule has 0 spiro atoms. The van der Waals surface area contributed by atoms with E-state index in [4.69, 9.17) is 14.2 Å². The highest BCUT2D eigenvalue weighted by Gasteiger charge is 2.11. The van der Waals surface area contributed by atoms with E-state index in [1.54, 1.807) is 27.5 Å². The van der Waals surface area contributed by atoms with Crippen molar-refractivity contribution < 1.29 is 14.2 Å². The Morgan fingerprint density at radius 3 is 2.39 bits per heavy atom. The maximum Gasteiger partial charge on any atom is 0.161 e. The molecule has 28 heavy (non-hydrogen) atoms. The Bertz CT molecular complexity index is 1120. The molecule has 0 radical (unpaired) electrons. The van der Waals surface area contributed by atoms with Crippen LogP contribution in [0.1, 0.15) is 5.56 Å². The van der Waals surface area contributed by atoms with Gasteiger partial charge in [0.1, 0.15) is 11.3 Å². The van der Waals surface area contributed by atoms with Crippen molar-refractivity contribution in [2.45, 2.75) is 6.54 Å². The number of fused-ring (bicyclic) bond motifs is 1. The lowest BCUT2D eigenvalue weighted by atomic mass is 10.1. The van der Waals surface area contributed by atoms with Gasteiger partial charge in [0.15, 0.2) is 11.5 Å². The molecule has 6 nitrogen and oxygen atoms in total. The fourth-order valence-corrected chi connectivity index (χ4v) is 3.27. The average molecular weight is 375 g/mol. The summed E-state index contributed by atoms with van der Waals surface area (Å²) in [6.07, 6.45) is 3.62. The molecule has 0 atom stereocenters. The molecule has 2 heterocycles. The van der Waals surface area contributed by atoms with Crippen LogP contribution in [0.25, 0.3) is 22.3 Å². The zero-order valence-electron chi connectivity index (χ0n) is 16.0. The van der Waals surface area contributed by atoms with Crippen LogP contribution < -0.4 is 14.2 Å². The van der Waals surface area contributed by atoms with E-state index >= 15 is 0 Å². The number of pyridine rings is 1. The maximum absolute atomic E-state index is 5.48. The molecule has 4 aromatic rings. The molecule has 0 saturated carbocycles. The first-order valence-electron chi connectivity index (χ1n) is 8.88. The van der Waals surface area contributed by atoms with Crippen molar-refractivity contribution in [2.75, 3.05) is 21.3 Å². The number of imidazole rings is 1. The van der Waals surface area contributed by atoms with Gasteiger partial charge < -0.3 is 18.8 Å². The fourth-order valence-electron chi connectivity index (χ4n) is 3.27. The van der Waals surface area contributed by atoms with Gasteiger partial charge in [0.05, 0.1) is 45.1 Å². The van der Waals surface area contributed by atoms with Gasteiger partial charge in [0.2, 0.25) is 0 Å². The molecule has 0 saturated heterocycles. The van der Waals surface area contributed by atoms with E-state index in [0.717, 1.165) is 33.6 Å². The van der Waals surface area contributed by atoms with Gasteiger partial charge in [-0.1, -0.05) is 18.2 Å². The first-order valence-corrected chi connectivity index (χ1v) is 8.88. The van der Waals surface area contributed by atoms with E-state index < -0.39 is 0 Å². The summed E-state index contributed by atoms with van der Waals surface area (Å²) in [6, 6.07) is 15.8. The van der Waals surface area contributed by atoms with E-state index in [1.165, 1.54) is 0 Å². The van der Waals surface area contributed by atoms with Crippen LogP contribution in [0.4, 0.5) is 0 Å². The zero-order chi connectivity index (χ0) is 19.5. The van der Waals surface area contributed by atoms with Gasteiger partial charge in [-0.2, -0.15) is 0 Å². The van der Waals surface area contributed by atoms with Crippen LogP contribution in [0.15, 0.2) is 61.1 Å². The summed E-state index contributed by atoms with van der Waals surface area (Å²) in [6.45, 7) is 0.659. The molecule has 0 bridgehead atoms. The summed E-state index contributed by atoms with van der Waals surface area (Å²) in [7, 11) is 4.94. The van der Waals surface area contributed by atoms with Gasteiger partial charge in [0, 0.05) is 12.1 Å². The van der Waals surface area contributed by atoms with Crippen LogP contribution in [0.2, 0.25) is 0 Å². The molecule has 6 heteroatoms. The number of methoxy groups -OCH3 is 3. The summed E-state index contributed by atoms with van der Waals surface area (Å²) in [5, 5.41) is 0. The number of benzene rings is 2. The molecule has 0 aliphatic carbocycles. The third-order valence-corrected chi connectivity index (χ3v) is 4.69. The second-order valence-electron chi connectivity index (χ2n) is 6.32. The van der Waals surface area contributed by atoms with E-state index in [-0.39, 0.29) is 0 Å². The summed E-state index contributed by atoms with van der Waals surface area (Å²) in [4.78, 5) is 9.05. The standard InChI is InChI=1S/C22H21N3O3/c1-26-20-7-5-4-6-16(20)17-11-19-18(12-23-17)24-14-25(19)13-15-8-9-21(27-2)22(10-15)28-3/h4-12,14H,13H2,1-3H3. The molecule has 0 aliphatic heterocycles. The molecule has 0 aliphatic rings. The minimum absolute atomic E-state index is 0.659. The molecule has 2 aromatic carbocycles. The van der Waals surface area contributed by atoms with Gasteiger partial charge >= 0.3 is 0 Å². The maximum atomic E-state index is 5.48. The molecule has 0 N–H and O–H groups in total. The van der Waals surface area contributed by atoms with Crippen molar-refractivity contribution in [3.05, 3.63) is 66.6 Å². The molecular formula is C22H21N3O3. The molecule has 142 valence electrons. The molecule has 0 fully saturated rings. The van der Waals surface area contributed by atoms with Gasteiger partial charge in [0.25, 0.3) is 0 Å². The number of rotatable bonds is 6. The average Bonchev–Trinajstić information content (AvgIpc) is 3.15. The lowest BCUT2D eigenvalue weighted by molar-refractivity contribution is 0.354. The minimum atomic E-state index is 0.659. The second-order valence-corrected chi connectivity index (χ2v) is 6.32. The molecular weight excluding hydrogens is 354 g/mol. The van der Waals surface area contributed by atoms with E-state index in [2.05, 4.69) is 14.5 Å². The number of nitrogens with zero attached hydrogens (tertiary/aromatic N) is 3. The van der Waals surface area contributed by atoms with Crippen molar-refractivity contribution in [3.63, 3.8) is 0 Å². The predicted molar refractivity (Wildman–Crippen MR) is 108 cm³/mol. The lowest BCUT2D eigenvalue weighted by Gasteiger charge is -2.11. The number of para-hydroxylation sites is 1. The van der Waals surface area contributed by atoms with Crippen molar-refractivity contribution in [3.8, 4) is 28.5 Å². The van der Waals surface area contributed by atoms with Crippen LogP contribution in [0.5, 0.6) is 17.2 Å². The Labute approximate surface area is 163 Å². The van der Waals surface area contributed by atoms with Gasteiger partial charge in [-0.25, -0.2) is 4.98 Å². The first-order chi connectivity index (χ1) is 13.7. The Hall–Kier alpha value is -3.54. The highest BCUT2D eigenvalue weighted by Crippen LogP contribution is 2.31. The third-order valence-electron chi connectivity index (χ3n) is 4.69. The van der Waals surface area contributed by atoms with Crippen LogP contribution >= 0.6 is 0 Å². The van der Waals surface area contributed by atoms with Crippen molar-refractivity contribution in [2.24, 2.45) is 0 Å². The molecule has 0 amide bonds. The quantitative estimate of drug-likeness (QED) is 0.506. The summed E-state index contributed by atoms with van der Waals surface area (Å²) in [5.74, 6) is 2.21. The summed E-state index contributed by atoms with van der Waals surface area (Å²) in [5.41, 5.74) is 4.74. The Morgan fingerprint density at radius 2 is 1.61 bits per heavy atom. The van der Waals surface area contributed by atoms with Gasteiger partial charge in [-0.05, 0) is 35.9 Å². The fraction of sp³-hybridized carbons (Fsp3) is 0.182. The summed E-state index contributed by atoms with van der Waals surface area (Å²) < 4.78 is 18.3. The number of hydrogen-bond acceptors (Lipinski definition) is 5. The Kier molecular flexibility index (Phi) is 4.85. The van der Waals surface area contributed by atoms with Crippen molar-refractivity contribution in [1.29, 1.82) is 0 Å². The Morgan fingerprint density at radius 1 is 0.821 bits per heavy atom. The van der Waals surface area contributed by atoms with Crippen LogP contribution in [-0.2, 0) is 6.54 Å². The van der Waals surface area contributed by atoms with Crippen LogP contribution in [-0.4, -0.2) is 35.9 Å². The number of hydrogen-bond donors (Lipinski definition) is 0. The SMILES string of the molecule is COc1ccc(Cn2cnc3cnc(-c4ccccc4OC)cc32)cc1OC. The second kappa shape index (κ2) is 7.60.